The molecule has 0 saturated carbocycles. The van der Waals surface area contributed by atoms with Crippen LogP contribution in [0, 0.1) is 0 Å². The minimum absolute atomic E-state index is 0.00646. The lowest BCUT2D eigenvalue weighted by Gasteiger charge is -2.18. The Hall–Kier alpha value is -3.33. The first kappa shape index (κ1) is 51.7. The highest BCUT2D eigenvalue weighted by Gasteiger charge is 2.22. The van der Waals surface area contributed by atoms with E-state index in [1.165, 1.54) is 25.7 Å². The first-order valence-electron chi connectivity index (χ1n) is 20.3. The first-order valence-corrected chi connectivity index (χ1v) is 21.8. The van der Waals surface area contributed by atoms with Crippen LogP contribution in [-0.2, 0) is 28.2 Å². The molecule has 0 spiro atoms. The molecule has 0 aliphatic rings. The maximum atomic E-state index is 12.4. The minimum atomic E-state index is -4.82. The molecule has 0 heterocycles. The second kappa shape index (κ2) is 38.9. The maximum Gasteiger partial charge on any atom is 0.469 e. The van der Waals surface area contributed by atoms with Crippen molar-refractivity contribution in [1.82, 2.24) is 0 Å². The molecule has 310 valence electrons. The summed E-state index contributed by atoms with van der Waals surface area (Å²) in [6, 6.07) is 0. The number of allylic oxidation sites excluding steroid dienone is 16. The number of hydrogen-bond donors (Lipinski definition) is 3. The van der Waals surface area contributed by atoms with Crippen molar-refractivity contribution < 1.29 is 43.0 Å². The van der Waals surface area contributed by atoms with Crippen molar-refractivity contribution in [2.45, 2.75) is 148 Å². The Morgan fingerprint density at radius 3 is 1.73 bits per heavy atom. The number of unbranched alkanes of at least 4 members (excludes halogenated alkanes) is 7. The van der Waals surface area contributed by atoms with E-state index < -0.39 is 38.6 Å². The molecule has 0 aliphatic heterocycles. The third-order valence-corrected chi connectivity index (χ3v) is 8.35. The smallest absolute Gasteiger partial charge is 0.462 e. The number of aliphatic hydroxyl groups excluding tert-OH is 1. The lowest BCUT2D eigenvalue weighted by atomic mass is 10.1. The van der Waals surface area contributed by atoms with Gasteiger partial charge in [-0.25, -0.2) is 4.57 Å². The van der Waals surface area contributed by atoms with E-state index in [0.717, 1.165) is 64.2 Å². The normalized spacial score (nSPS) is 14.2. The van der Waals surface area contributed by atoms with Crippen molar-refractivity contribution >= 4 is 19.8 Å². The number of phosphoric acid groups is 1. The van der Waals surface area contributed by atoms with E-state index in [9.17, 15) is 19.3 Å². The van der Waals surface area contributed by atoms with E-state index in [4.69, 9.17) is 19.3 Å². The number of aliphatic hydroxyl groups is 1. The fraction of sp³-hybridized carbons (Fsp3) is 0.556. The molecule has 3 N–H and O–H groups in total. The number of rotatable bonds is 35. The van der Waals surface area contributed by atoms with Gasteiger partial charge in [0.05, 0.1) is 12.7 Å². The number of carbonyl (C=O) groups is 2. The van der Waals surface area contributed by atoms with Crippen molar-refractivity contribution in [3.63, 3.8) is 0 Å². The van der Waals surface area contributed by atoms with Gasteiger partial charge in [-0.1, -0.05) is 149 Å². The van der Waals surface area contributed by atoms with Gasteiger partial charge >= 0.3 is 19.8 Å². The molecular formula is C45H71O9P. The molecule has 10 heteroatoms. The van der Waals surface area contributed by atoms with Crippen molar-refractivity contribution in [3.8, 4) is 0 Å². The van der Waals surface area contributed by atoms with Crippen LogP contribution in [0.1, 0.15) is 136 Å². The fourth-order valence-corrected chi connectivity index (χ4v) is 5.20. The molecule has 0 aliphatic carbocycles. The van der Waals surface area contributed by atoms with Gasteiger partial charge in [0.2, 0.25) is 0 Å². The second-order valence-corrected chi connectivity index (χ2v) is 14.3. The molecule has 0 aromatic heterocycles. The highest BCUT2D eigenvalue weighted by molar-refractivity contribution is 7.46. The summed E-state index contributed by atoms with van der Waals surface area (Å²) in [7, 11) is -4.82. The van der Waals surface area contributed by atoms with E-state index >= 15 is 0 Å². The molecule has 55 heavy (non-hydrogen) atoms. The van der Waals surface area contributed by atoms with Crippen LogP contribution in [0.15, 0.2) is 109 Å². The minimum Gasteiger partial charge on any atom is -0.462 e. The molecule has 0 rings (SSSR count). The lowest BCUT2D eigenvalue weighted by molar-refractivity contribution is -0.161. The molecule has 0 saturated heterocycles. The number of ether oxygens (including phenoxy) is 2. The zero-order valence-corrected chi connectivity index (χ0v) is 34.5. The van der Waals surface area contributed by atoms with Crippen LogP contribution in [0.3, 0.4) is 0 Å². The monoisotopic (exact) mass is 786 g/mol. The number of hydrogen-bond acceptors (Lipinski definition) is 7. The third-order valence-electron chi connectivity index (χ3n) is 7.87. The van der Waals surface area contributed by atoms with Gasteiger partial charge in [-0.3, -0.25) is 14.1 Å². The molecule has 9 nitrogen and oxygen atoms in total. The molecule has 0 bridgehead atoms. The molecule has 0 amide bonds. The van der Waals surface area contributed by atoms with Gasteiger partial charge < -0.3 is 24.4 Å². The standard InChI is InChI=1S/C45H71O9P/c1-3-5-7-9-11-13-15-17-18-19-20-22-24-26-28-30-34-38-44(47)52-40-43(41-53-55(49,50)51)54-45(48)39-35-31-33-37-42(46)36-32-29-27-25-23-21-16-14-12-10-8-6-4-2/h6,8,11-14,17-18,20-23,27,29,31-33,36,42-43,46H,3-5,7,9-10,15-16,19,24-26,28,30,34-35,37-41H2,1-2H3,(H2,49,50,51)/b8-6-,13-11-,14-12-,18-17-,22-20-,23-21-,29-27-,33-31-,36-32-/t42?,43-/m1/s1. The van der Waals surface area contributed by atoms with Gasteiger partial charge in [0.25, 0.3) is 0 Å². The quantitative estimate of drug-likeness (QED) is 0.0188. The summed E-state index contributed by atoms with van der Waals surface area (Å²) in [4.78, 5) is 42.8. The predicted molar refractivity (Wildman–Crippen MR) is 226 cm³/mol. The maximum absolute atomic E-state index is 12.4. The van der Waals surface area contributed by atoms with Crippen LogP contribution in [0.5, 0.6) is 0 Å². The van der Waals surface area contributed by atoms with E-state index in [1.54, 1.807) is 24.3 Å². The molecule has 0 aromatic rings. The second-order valence-electron chi connectivity index (χ2n) is 13.1. The Morgan fingerprint density at radius 2 is 1.13 bits per heavy atom. The Morgan fingerprint density at radius 1 is 0.582 bits per heavy atom. The van der Waals surface area contributed by atoms with E-state index in [0.29, 0.717) is 19.3 Å². The zero-order chi connectivity index (χ0) is 40.5. The Labute approximate surface area is 332 Å². The largest absolute Gasteiger partial charge is 0.469 e. The number of esters is 2. The van der Waals surface area contributed by atoms with Crippen LogP contribution in [0.2, 0.25) is 0 Å². The molecule has 0 fully saturated rings. The molecule has 0 radical (unpaired) electrons. The average molecular weight is 787 g/mol. The molecular weight excluding hydrogens is 715 g/mol. The molecule has 2 atom stereocenters. The van der Waals surface area contributed by atoms with Crippen LogP contribution >= 0.6 is 7.82 Å². The van der Waals surface area contributed by atoms with Gasteiger partial charge in [0, 0.05) is 12.8 Å². The topological polar surface area (TPSA) is 140 Å². The number of phosphoric ester groups is 1. The Balaban J connectivity index is 4.24. The van der Waals surface area contributed by atoms with Gasteiger partial charge in [-0.15, -0.1) is 0 Å². The van der Waals surface area contributed by atoms with E-state index in [1.807, 2.05) is 12.2 Å². The van der Waals surface area contributed by atoms with Gasteiger partial charge in [-0.05, 0) is 83.5 Å². The summed E-state index contributed by atoms with van der Waals surface area (Å²) in [5.74, 6) is -1.10. The van der Waals surface area contributed by atoms with Gasteiger partial charge in [0.15, 0.2) is 6.10 Å². The Bertz CT molecular complexity index is 1270. The molecule has 1 unspecified atom stereocenters. The van der Waals surface area contributed by atoms with Crippen LogP contribution in [0.25, 0.3) is 0 Å². The van der Waals surface area contributed by atoms with Gasteiger partial charge in [-0.2, -0.15) is 0 Å². The third kappa shape index (κ3) is 41.7. The summed E-state index contributed by atoms with van der Waals surface area (Å²) in [5, 5.41) is 10.1. The SMILES string of the molecule is CC/C=C\C/C=C\C/C=C\C/C=C\C=C/C(O)C/C=C\CCC(=O)O[C@H](COC(=O)CCCCCC/C=C\C/C=C\C/C=C\CCCCC)COP(=O)(O)O. The Kier molecular flexibility index (Phi) is 36.6. The summed E-state index contributed by atoms with van der Waals surface area (Å²) < 4.78 is 26.2. The summed E-state index contributed by atoms with van der Waals surface area (Å²) in [5.41, 5.74) is 0. The summed E-state index contributed by atoms with van der Waals surface area (Å²) >= 11 is 0. The summed E-state index contributed by atoms with van der Waals surface area (Å²) in [6.07, 6.45) is 51.2. The van der Waals surface area contributed by atoms with Crippen molar-refractivity contribution in [1.29, 1.82) is 0 Å². The van der Waals surface area contributed by atoms with E-state index in [-0.39, 0.29) is 19.4 Å². The zero-order valence-electron chi connectivity index (χ0n) is 33.6. The van der Waals surface area contributed by atoms with Crippen LogP contribution in [0.4, 0.5) is 0 Å². The fourth-order valence-electron chi connectivity index (χ4n) is 4.84. The van der Waals surface area contributed by atoms with Crippen LogP contribution < -0.4 is 0 Å². The van der Waals surface area contributed by atoms with Crippen molar-refractivity contribution in [2.24, 2.45) is 0 Å². The van der Waals surface area contributed by atoms with Crippen LogP contribution in [-0.4, -0.2) is 52.3 Å². The first-order chi connectivity index (χ1) is 26.7. The van der Waals surface area contributed by atoms with E-state index in [2.05, 4.69) is 91.3 Å². The number of carbonyl (C=O) groups excluding carboxylic acids is 2. The highest BCUT2D eigenvalue weighted by atomic mass is 31.2. The lowest BCUT2D eigenvalue weighted by Crippen LogP contribution is -2.29. The summed E-state index contributed by atoms with van der Waals surface area (Å²) in [6.45, 7) is 3.35. The average Bonchev–Trinajstić information content (AvgIpc) is 3.15. The van der Waals surface area contributed by atoms with Crippen molar-refractivity contribution in [2.75, 3.05) is 13.2 Å². The highest BCUT2D eigenvalue weighted by Crippen LogP contribution is 2.35. The van der Waals surface area contributed by atoms with Crippen molar-refractivity contribution in [3.05, 3.63) is 109 Å². The molecule has 0 aromatic carbocycles. The predicted octanol–water partition coefficient (Wildman–Crippen LogP) is 11.4. The van der Waals surface area contributed by atoms with Gasteiger partial charge in [0.1, 0.15) is 6.61 Å².